The molecule has 2 aliphatic heterocycles. The first-order chi connectivity index (χ1) is 18.4. The predicted molar refractivity (Wildman–Crippen MR) is 137 cm³/mol. The SMILES string of the molecule is C[C@H](NC(=O)C(C)(F)F)C(=O)N(C)[C@@H](Cc1ccccc1)C(=O)N1C[C@]2(C[C@H]1C#N)C(=O)Nc1ccccc12. The number of nitrogens with one attached hydrogen (secondary N) is 2. The summed E-state index contributed by atoms with van der Waals surface area (Å²) in [5.41, 5.74) is 0.935. The Labute approximate surface area is 224 Å². The van der Waals surface area contributed by atoms with Gasteiger partial charge in [0.2, 0.25) is 17.7 Å². The summed E-state index contributed by atoms with van der Waals surface area (Å²) in [7, 11) is 1.35. The van der Waals surface area contributed by atoms with Crippen molar-refractivity contribution in [2.24, 2.45) is 0 Å². The Kier molecular flexibility index (Phi) is 7.41. The van der Waals surface area contributed by atoms with Crippen LogP contribution in [0.3, 0.4) is 0 Å². The normalized spacial score (nSPS) is 21.5. The van der Waals surface area contributed by atoms with E-state index in [2.05, 4.69) is 11.4 Å². The second-order valence-electron chi connectivity index (χ2n) is 10.1. The van der Waals surface area contributed by atoms with Crippen LogP contribution in [0.15, 0.2) is 54.6 Å². The molecule has 2 N–H and O–H groups in total. The van der Waals surface area contributed by atoms with Crippen LogP contribution in [0.4, 0.5) is 14.5 Å². The van der Waals surface area contributed by atoms with Crippen LogP contribution in [-0.2, 0) is 31.0 Å². The van der Waals surface area contributed by atoms with E-state index >= 15 is 0 Å². The third-order valence-corrected chi connectivity index (χ3v) is 7.40. The van der Waals surface area contributed by atoms with Gasteiger partial charge in [-0.2, -0.15) is 14.0 Å². The van der Waals surface area contributed by atoms with E-state index in [1.807, 2.05) is 5.32 Å². The molecule has 1 spiro atoms. The zero-order valence-corrected chi connectivity index (χ0v) is 21.8. The number of amides is 4. The lowest BCUT2D eigenvalue weighted by Crippen LogP contribution is -2.57. The molecule has 11 heteroatoms. The molecule has 4 rings (SSSR count). The lowest BCUT2D eigenvalue weighted by molar-refractivity contribution is -0.149. The van der Waals surface area contributed by atoms with Gasteiger partial charge in [0, 0.05) is 39.0 Å². The number of hydrogen-bond donors (Lipinski definition) is 2. The van der Waals surface area contributed by atoms with Crippen molar-refractivity contribution < 1.29 is 28.0 Å². The molecule has 1 saturated heterocycles. The number of anilines is 1. The van der Waals surface area contributed by atoms with E-state index in [9.17, 15) is 33.2 Å². The number of hydrogen-bond acceptors (Lipinski definition) is 5. The van der Waals surface area contributed by atoms with Crippen LogP contribution < -0.4 is 10.6 Å². The summed E-state index contributed by atoms with van der Waals surface area (Å²) in [5.74, 6) is -6.92. The number of halogens is 2. The van der Waals surface area contributed by atoms with Crippen molar-refractivity contribution >= 4 is 29.3 Å². The van der Waals surface area contributed by atoms with Crippen LogP contribution in [0.1, 0.15) is 31.4 Å². The standard InChI is InChI=1S/C28H29F2N5O4/c1-17(32-25(38)27(2,29)30)23(36)34(3)22(13-18-9-5-4-6-10-18)24(37)35-16-28(14-19(35)15-31)20-11-7-8-12-21(20)33-26(28)39/h4-12,17,19,22H,13-14,16H2,1-3H3,(H,32,38)(H,33,39)/t17-,19-,22-,28-/m0/s1. The Bertz CT molecular complexity index is 1340. The largest absolute Gasteiger partial charge is 0.339 e. The third-order valence-electron chi connectivity index (χ3n) is 7.40. The number of alkyl halides is 2. The molecular formula is C28H29F2N5O4. The van der Waals surface area contributed by atoms with Gasteiger partial charge in [-0.3, -0.25) is 19.2 Å². The van der Waals surface area contributed by atoms with Crippen molar-refractivity contribution in [3.8, 4) is 6.07 Å². The molecule has 2 heterocycles. The summed E-state index contributed by atoms with van der Waals surface area (Å²) in [6.07, 6.45) is 0.156. The number of nitrogens with zero attached hydrogens (tertiary/aromatic N) is 3. The molecule has 2 aromatic carbocycles. The number of carbonyl (C=O) groups is 4. The molecule has 4 atom stereocenters. The minimum Gasteiger partial charge on any atom is -0.339 e. The lowest BCUT2D eigenvalue weighted by Gasteiger charge is -2.34. The molecule has 204 valence electrons. The van der Waals surface area contributed by atoms with E-state index in [4.69, 9.17) is 0 Å². The van der Waals surface area contributed by atoms with Crippen LogP contribution in [-0.4, -0.2) is 71.1 Å². The highest BCUT2D eigenvalue weighted by Crippen LogP contribution is 2.46. The zero-order chi connectivity index (χ0) is 28.5. The summed E-state index contributed by atoms with van der Waals surface area (Å²) < 4.78 is 26.8. The molecule has 0 saturated carbocycles. The van der Waals surface area contributed by atoms with Crippen molar-refractivity contribution in [1.82, 2.24) is 15.1 Å². The number of para-hydroxylation sites is 1. The number of carbonyl (C=O) groups excluding carboxylic acids is 4. The molecule has 0 unspecified atom stereocenters. The fourth-order valence-electron chi connectivity index (χ4n) is 5.25. The zero-order valence-electron chi connectivity index (χ0n) is 21.8. The molecule has 0 aliphatic carbocycles. The van der Waals surface area contributed by atoms with E-state index in [0.29, 0.717) is 18.2 Å². The summed E-state index contributed by atoms with van der Waals surface area (Å²) in [6.45, 7) is 1.62. The van der Waals surface area contributed by atoms with Crippen molar-refractivity contribution in [2.45, 2.75) is 56.2 Å². The molecule has 0 bridgehead atoms. The summed E-state index contributed by atoms with van der Waals surface area (Å²) in [6, 6.07) is 14.7. The average molecular weight is 538 g/mol. The first-order valence-corrected chi connectivity index (χ1v) is 12.5. The van der Waals surface area contributed by atoms with Crippen molar-refractivity contribution in [1.29, 1.82) is 5.26 Å². The van der Waals surface area contributed by atoms with Crippen LogP contribution in [0, 0.1) is 11.3 Å². The van der Waals surface area contributed by atoms with E-state index in [-0.39, 0.29) is 25.3 Å². The van der Waals surface area contributed by atoms with Crippen LogP contribution >= 0.6 is 0 Å². The highest BCUT2D eigenvalue weighted by Gasteiger charge is 2.56. The van der Waals surface area contributed by atoms with Gasteiger partial charge < -0.3 is 20.4 Å². The third kappa shape index (κ3) is 5.19. The molecule has 2 aromatic rings. The minimum atomic E-state index is -3.69. The number of fused-ring (bicyclic) bond motifs is 2. The van der Waals surface area contributed by atoms with E-state index < -0.39 is 47.2 Å². The van der Waals surface area contributed by atoms with Gasteiger partial charge in [0.15, 0.2) is 0 Å². The minimum absolute atomic E-state index is 0.0609. The molecule has 9 nitrogen and oxygen atoms in total. The van der Waals surface area contributed by atoms with E-state index in [0.717, 1.165) is 10.5 Å². The fraction of sp³-hybridized carbons (Fsp3) is 0.393. The lowest BCUT2D eigenvalue weighted by atomic mass is 9.80. The van der Waals surface area contributed by atoms with Gasteiger partial charge in [-0.25, -0.2) is 0 Å². The average Bonchev–Trinajstić information content (AvgIpc) is 3.44. The highest BCUT2D eigenvalue weighted by atomic mass is 19.3. The number of benzene rings is 2. The Morgan fingerprint density at radius 3 is 2.49 bits per heavy atom. The van der Waals surface area contributed by atoms with Gasteiger partial charge in [-0.1, -0.05) is 48.5 Å². The molecule has 4 amide bonds. The van der Waals surface area contributed by atoms with E-state index in [1.165, 1.54) is 18.9 Å². The van der Waals surface area contributed by atoms with E-state index in [1.54, 1.807) is 54.6 Å². The second kappa shape index (κ2) is 10.4. The van der Waals surface area contributed by atoms with Gasteiger partial charge in [0.05, 0.1) is 11.5 Å². The Balaban J connectivity index is 1.64. The number of nitriles is 1. The molecule has 0 aromatic heterocycles. The maximum atomic E-state index is 14.1. The Morgan fingerprint density at radius 1 is 1.21 bits per heavy atom. The number of likely N-dealkylation sites (tertiary alicyclic amines) is 1. The maximum absolute atomic E-state index is 14.1. The van der Waals surface area contributed by atoms with Gasteiger partial charge in [0.1, 0.15) is 18.1 Å². The molecular weight excluding hydrogens is 508 g/mol. The van der Waals surface area contributed by atoms with Gasteiger partial charge >= 0.3 is 5.92 Å². The Morgan fingerprint density at radius 2 is 1.85 bits per heavy atom. The summed E-state index contributed by atoms with van der Waals surface area (Å²) >= 11 is 0. The van der Waals surface area contributed by atoms with Crippen molar-refractivity contribution in [3.05, 3.63) is 65.7 Å². The molecule has 39 heavy (non-hydrogen) atoms. The second-order valence-corrected chi connectivity index (χ2v) is 10.1. The molecule has 2 aliphatic rings. The van der Waals surface area contributed by atoms with Crippen LogP contribution in [0.2, 0.25) is 0 Å². The topological polar surface area (TPSA) is 123 Å². The Hall–Kier alpha value is -4.33. The van der Waals surface area contributed by atoms with Crippen molar-refractivity contribution in [2.75, 3.05) is 18.9 Å². The quantitative estimate of drug-likeness (QED) is 0.561. The van der Waals surface area contributed by atoms with Crippen LogP contribution in [0.25, 0.3) is 0 Å². The fourth-order valence-corrected chi connectivity index (χ4v) is 5.25. The molecule has 1 fully saturated rings. The smallest absolute Gasteiger partial charge is 0.321 e. The summed E-state index contributed by atoms with van der Waals surface area (Å²) in [4.78, 5) is 54.7. The molecule has 0 radical (unpaired) electrons. The number of rotatable bonds is 7. The maximum Gasteiger partial charge on any atom is 0.321 e. The van der Waals surface area contributed by atoms with Gasteiger partial charge in [-0.05, 0) is 24.1 Å². The van der Waals surface area contributed by atoms with Gasteiger partial charge in [0.25, 0.3) is 5.91 Å². The predicted octanol–water partition coefficient (Wildman–Crippen LogP) is 2.23. The van der Waals surface area contributed by atoms with Gasteiger partial charge in [-0.15, -0.1) is 0 Å². The first-order valence-electron chi connectivity index (χ1n) is 12.5. The first kappa shape index (κ1) is 27.7. The highest BCUT2D eigenvalue weighted by molar-refractivity contribution is 6.07. The number of likely N-dealkylation sites (N-methyl/N-ethyl adjacent to an activating group) is 1. The monoisotopic (exact) mass is 537 g/mol. The summed E-state index contributed by atoms with van der Waals surface area (Å²) in [5, 5.41) is 14.8. The van der Waals surface area contributed by atoms with Crippen LogP contribution in [0.5, 0.6) is 0 Å². The van der Waals surface area contributed by atoms with Crippen molar-refractivity contribution in [3.63, 3.8) is 0 Å².